The lowest BCUT2D eigenvalue weighted by Gasteiger charge is -2.25. The van der Waals surface area contributed by atoms with Crippen molar-refractivity contribution in [1.82, 2.24) is 5.32 Å². The summed E-state index contributed by atoms with van der Waals surface area (Å²) in [6, 6.07) is 5.31. The molecule has 0 aliphatic carbocycles. The predicted molar refractivity (Wildman–Crippen MR) is 92.2 cm³/mol. The van der Waals surface area contributed by atoms with E-state index in [0.29, 0.717) is 20.6 Å². The maximum Gasteiger partial charge on any atom is 0.227 e. The van der Waals surface area contributed by atoms with Gasteiger partial charge in [-0.2, -0.15) is 5.26 Å². The maximum atomic E-state index is 12.0. The zero-order valence-electron chi connectivity index (χ0n) is 12.6. The first-order chi connectivity index (χ1) is 11.4. The first-order valence-electron chi connectivity index (χ1n) is 6.79. The van der Waals surface area contributed by atoms with E-state index in [-0.39, 0.29) is 29.6 Å². The maximum absolute atomic E-state index is 12.0. The molecule has 0 saturated heterocycles. The topological polar surface area (TPSA) is 125 Å². The van der Waals surface area contributed by atoms with Crippen LogP contribution in [0, 0.1) is 11.3 Å². The lowest BCUT2D eigenvalue weighted by atomic mass is 9.87. The molecule has 2 amide bonds. The molecule has 1 aromatic rings. The highest BCUT2D eigenvalue weighted by molar-refractivity contribution is 9.10. The van der Waals surface area contributed by atoms with Crippen LogP contribution in [0.2, 0.25) is 0 Å². The van der Waals surface area contributed by atoms with E-state index in [9.17, 15) is 20.0 Å². The molecule has 1 atom stereocenters. The Hall–Kier alpha value is -2.18. The second-order valence-corrected chi connectivity index (χ2v) is 6.81. The number of halogens is 1. The Bertz CT molecular complexity index is 773. The van der Waals surface area contributed by atoms with Crippen molar-refractivity contribution in [2.24, 2.45) is 5.73 Å². The monoisotopic (exact) mass is 411 g/mol. The quantitative estimate of drug-likeness (QED) is 0.676. The molecule has 1 aromatic carbocycles. The van der Waals surface area contributed by atoms with Gasteiger partial charge in [0.1, 0.15) is 0 Å². The molecule has 0 radical (unpaired) electrons. The summed E-state index contributed by atoms with van der Waals surface area (Å²) in [7, 11) is 1.41. The Kier molecular flexibility index (Phi) is 5.75. The van der Waals surface area contributed by atoms with Crippen molar-refractivity contribution in [2.75, 3.05) is 12.9 Å². The Balaban J connectivity index is 2.49. The van der Waals surface area contributed by atoms with Crippen LogP contribution in [0.25, 0.3) is 0 Å². The van der Waals surface area contributed by atoms with E-state index < -0.39 is 11.8 Å². The van der Waals surface area contributed by atoms with Crippen LogP contribution in [0.3, 0.4) is 0 Å². The number of benzene rings is 1. The number of nitriles is 1. The van der Waals surface area contributed by atoms with Crippen LogP contribution in [0.4, 0.5) is 0 Å². The summed E-state index contributed by atoms with van der Waals surface area (Å²) in [6.45, 7) is 0. The van der Waals surface area contributed by atoms with E-state index in [1.165, 1.54) is 7.11 Å². The third kappa shape index (κ3) is 3.83. The normalized spacial score (nSPS) is 17.2. The minimum atomic E-state index is -0.546. The number of primary amides is 1. The molecule has 9 heteroatoms. The van der Waals surface area contributed by atoms with E-state index in [1.807, 2.05) is 0 Å². The number of thioether (sulfide) groups is 1. The minimum absolute atomic E-state index is 0.0455. The molecular formula is C15H14BrN3O4S. The van der Waals surface area contributed by atoms with Gasteiger partial charge in [0.2, 0.25) is 11.8 Å². The molecule has 0 bridgehead atoms. The highest BCUT2D eigenvalue weighted by atomic mass is 79.9. The highest BCUT2D eigenvalue weighted by Gasteiger charge is 2.30. The summed E-state index contributed by atoms with van der Waals surface area (Å²) in [6.07, 6.45) is 0.0733. The van der Waals surface area contributed by atoms with Crippen LogP contribution in [0.15, 0.2) is 27.2 Å². The Labute approximate surface area is 151 Å². The number of aromatic hydroxyl groups is 1. The van der Waals surface area contributed by atoms with Crippen molar-refractivity contribution >= 4 is 39.5 Å². The van der Waals surface area contributed by atoms with Gasteiger partial charge in [-0.1, -0.05) is 11.8 Å². The number of methoxy groups -OCH3 is 1. The lowest BCUT2D eigenvalue weighted by molar-refractivity contribution is -0.121. The first kappa shape index (κ1) is 18.2. The second kappa shape index (κ2) is 7.59. The van der Waals surface area contributed by atoms with Crippen LogP contribution >= 0.6 is 27.7 Å². The third-order valence-electron chi connectivity index (χ3n) is 3.39. The molecule has 1 aliphatic heterocycles. The van der Waals surface area contributed by atoms with Gasteiger partial charge in [0.25, 0.3) is 0 Å². The Morgan fingerprint density at radius 2 is 2.33 bits per heavy atom. The van der Waals surface area contributed by atoms with Gasteiger partial charge in [-0.15, -0.1) is 0 Å². The van der Waals surface area contributed by atoms with Gasteiger partial charge in [-0.3, -0.25) is 9.59 Å². The van der Waals surface area contributed by atoms with Crippen LogP contribution in [0.5, 0.6) is 11.5 Å². The number of amides is 2. The minimum Gasteiger partial charge on any atom is -0.503 e. The molecule has 24 heavy (non-hydrogen) atoms. The number of nitrogens with two attached hydrogens (primary N) is 1. The largest absolute Gasteiger partial charge is 0.503 e. The zero-order chi connectivity index (χ0) is 17.9. The third-order valence-corrected chi connectivity index (χ3v) is 5.03. The number of phenols is 1. The number of rotatable bonds is 5. The second-order valence-electron chi connectivity index (χ2n) is 4.97. The van der Waals surface area contributed by atoms with Crippen LogP contribution in [-0.2, 0) is 9.59 Å². The smallest absolute Gasteiger partial charge is 0.227 e. The Morgan fingerprint density at radius 3 is 2.92 bits per heavy atom. The van der Waals surface area contributed by atoms with E-state index in [0.717, 1.165) is 11.8 Å². The van der Waals surface area contributed by atoms with E-state index in [2.05, 4.69) is 27.3 Å². The molecule has 0 aromatic heterocycles. The molecule has 1 aliphatic rings. The summed E-state index contributed by atoms with van der Waals surface area (Å²) < 4.78 is 5.51. The number of carbonyl (C=O) groups is 2. The molecule has 7 nitrogen and oxygen atoms in total. The van der Waals surface area contributed by atoms with E-state index in [4.69, 9.17) is 10.5 Å². The van der Waals surface area contributed by atoms with Crippen LogP contribution in [-0.4, -0.2) is 29.8 Å². The molecular weight excluding hydrogens is 398 g/mol. The predicted octanol–water partition coefficient (Wildman–Crippen LogP) is 1.72. The number of nitrogens with zero attached hydrogens (tertiary/aromatic N) is 1. The molecule has 4 N–H and O–H groups in total. The van der Waals surface area contributed by atoms with Gasteiger partial charge in [0, 0.05) is 12.3 Å². The zero-order valence-corrected chi connectivity index (χ0v) is 15.0. The molecule has 126 valence electrons. The van der Waals surface area contributed by atoms with Crippen molar-refractivity contribution < 1.29 is 19.4 Å². The number of carbonyl (C=O) groups excluding carboxylic acids is 2. The molecule has 1 unspecified atom stereocenters. The number of hydrogen-bond acceptors (Lipinski definition) is 6. The van der Waals surface area contributed by atoms with Crippen LogP contribution in [0.1, 0.15) is 17.9 Å². The average Bonchev–Trinajstić information content (AvgIpc) is 2.54. The van der Waals surface area contributed by atoms with Gasteiger partial charge in [-0.05, 0) is 33.6 Å². The van der Waals surface area contributed by atoms with E-state index >= 15 is 0 Å². The molecule has 1 heterocycles. The van der Waals surface area contributed by atoms with Crippen molar-refractivity contribution in [3.63, 3.8) is 0 Å². The Morgan fingerprint density at radius 1 is 1.62 bits per heavy atom. The van der Waals surface area contributed by atoms with Gasteiger partial charge >= 0.3 is 0 Å². The summed E-state index contributed by atoms with van der Waals surface area (Å²) in [5.74, 6) is -1.20. The number of allylic oxidation sites excluding steroid dienone is 1. The first-order valence-corrected chi connectivity index (χ1v) is 8.56. The molecule has 2 rings (SSSR count). The number of phenolic OH excluding ortho intramolecular Hbond substituents is 1. The number of hydrogen-bond donors (Lipinski definition) is 3. The summed E-state index contributed by atoms with van der Waals surface area (Å²) >= 11 is 4.25. The molecule has 0 saturated carbocycles. The average molecular weight is 412 g/mol. The summed E-state index contributed by atoms with van der Waals surface area (Å²) in [5.41, 5.74) is 6.10. The van der Waals surface area contributed by atoms with Crippen molar-refractivity contribution in [1.29, 1.82) is 5.26 Å². The van der Waals surface area contributed by atoms with Gasteiger partial charge in [0.05, 0.1) is 34.0 Å². The molecule has 0 fully saturated rings. The number of ether oxygens (including phenoxy) is 1. The van der Waals surface area contributed by atoms with Crippen LogP contribution < -0.4 is 15.8 Å². The van der Waals surface area contributed by atoms with Gasteiger partial charge < -0.3 is 20.9 Å². The van der Waals surface area contributed by atoms with Crippen molar-refractivity contribution in [3.05, 3.63) is 32.8 Å². The highest BCUT2D eigenvalue weighted by Crippen LogP contribution is 2.42. The van der Waals surface area contributed by atoms with Crippen molar-refractivity contribution in [3.8, 4) is 17.6 Å². The standard InChI is InChI=1S/C15H14BrN3O4S/c1-23-11-3-7(2-10(16)14(11)22)8-4-13(21)19-15(9(8)5-17)24-6-12(18)20/h2-3,8,22H,4,6H2,1H3,(H2,18,20)(H,19,21). The number of nitrogens with one attached hydrogen (secondary N) is 1. The molecule has 0 spiro atoms. The SMILES string of the molecule is COc1cc(C2CC(=O)NC(SCC(N)=O)=C2C#N)cc(Br)c1O. The summed E-state index contributed by atoms with van der Waals surface area (Å²) in [5, 5.41) is 22.4. The fraction of sp³-hybridized carbons (Fsp3) is 0.267. The van der Waals surface area contributed by atoms with Crippen molar-refractivity contribution in [2.45, 2.75) is 12.3 Å². The van der Waals surface area contributed by atoms with Gasteiger partial charge in [-0.25, -0.2) is 0 Å². The van der Waals surface area contributed by atoms with E-state index in [1.54, 1.807) is 12.1 Å². The lowest BCUT2D eigenvalue weighted by Crippen LogP contribution is -2.31. The fourth-order valence-corrected chi connectivity index (χ4v) is 3.59. The fourth-order valence-electron chi connectivity index (χ4n) is 2.31. The van der Waals surface area contributed by atoms with Gasteiger partial charge in [0.15, 0.2) is 11.5 Å². The summed E-state index contributed by atoms with van der Waals surface area (Å²) in [4.78, 5) is 23.0.